The van der Waals surface area contributed by atoms with Gasteiger partial charge in [-0.15, -0.1) is 0 Å². The zero-order chi connectivity index (χ0) is 29.9. The second kappa shape index (κ2) is 13.8. The number of anilines is 1. The Morgan fingerprint density at radius 1 is 0.857 bits per heavy atom. The van der Waals surface area contributed by atoms with E-state index in [0.29, 0.717) is 28.1 Å². The maximum absolute atomic E-state index is 12.7. The maximum Gasteiger partial charge on any atom is 0.336 e. The Kier molecular flexibility index (Phi) is 9.50. The lowest BCUT2D eigenvalue weighted by Crippen LogP contribution is -2.18. The minimum absolute atomic E-state index is 0.0565. The number of nitro benzene ring substituents is 1. The van der Waals surface area contributed by atoms with E-state index in [2.05, 4.69) is 15.8 Å². The molecule has 0 saturated heterocycles. The molecule has 4 rings (SSSR count). The van der Waals surface area contributed by atoms with Gasteiger partial charge in [0.2, 0.25) is 0 Å². The number of nitro groups is 1. The molecule has 0 spiro atoms. The molecule has 0 radical (unpaired) electrons. The predicted octanol–water partition coefficient (Wildman–Crippen LogP) is 5.24. The number of ether oxygens (including phenoxy) is 2. The van der Waals surface area contributed by atoms with E-state index in [1.807, 2.05) is 0 Å². The molecule has 0 fully saturated rings. The number of nitrogens with one attached hydrogen (secondary N) is 2. The highest BCUT2D eigenvalue weighted by atomic mass is 16.6. The van der Waals surface area contributed by atoms with Crippen molar-refractivity contribution >= 4 is 41.4 Å². The van der Waals surface area contributed by atoms with Crippen molar-refractivity contribution in [3.05, 3.63) is 136 Å². The standard InChI is InChI=1S/C31H24N4O7/c1-41-27-10-5-8-23(19-27)30(37)33-25-9-4-7-22(18-25)31(38)34-32-20-24-6-2-3-11-28(24)42-29(36)17-14-21-12-15-26(16-13-21)35(39)40/h2-20H,1H3,(H,33,37)(H,34,38)/b17-14+,32-20?. The van der Waals surface area contributed by atoms with Crippen LogP contribution >= 0.6 is 0 Å². The summed E-state index contributed by atoms with van der Waals surface area (Å²) in [6, 6.07) is 25.3. The van der Waals surface area contributed by atoms with E-state index in [9.17, 15) is 24.5 Å². The molecule has 4 aromatic carbocycles. The van der Waals surface area contributed by atoms with Gasteiger partial charge in [0.1, 0.15) is 11.5 Å². The molecule has 210 valence electrons. The maximum atomic E-state index is 12.7. The van der Waals surface area contributed by atoms with Gasteiger partial charge in [-0.1, -0.05) is 24.3 Å². The summed E-state index contributed by atoms with van der Waals surface area (Å²) >= 11 is 0. The molecule has 42 heavy (non-hydrogen) atoms. The molecule has 0 saturated carbocycles. The Hall–Kier alpha value is -6.10. The summed E-state index contributed by atoms with van der Waals surface area (Å²) in [5.41, 5.74) is 4.43. The van der Waals surface area contributed by atoms with Crippen LogP contribution in [0.15, 0.2) is 108 Å². The number of nitrogens with zero attached hydrogens (tertiary/aromatic N) is 2. The van der Waals surface area contributed by atoms with Crippen molar-refractivity contribution in [1.82, 2.24) is 5.43 Å². The number of methoxy groups -OCH3 is 1. The molecular weight excluding hydrogens is 540 g/mol. The van der Waals surface area contributed by atoms with E-state index in [-0.39, 0.29) is 22.9 Å². The fraction of sp³-hybridized carbons (Fsp3) is 0.0323. The molecule has 0 heterocycles. The largest absolute Gasteiger partial charge is 0.497 e. The number of amides is 2. The van der Waals surface area contributed by atoms with Gasteiger partial charge in [-0.05, 0) is 72.3 Å². The van der Waals surface area contributed by atoms with Crippen LogP contribution in [0.25, 0.3) is 6.08 Å². The summed E-state index contributed by atoms with van der Waals surface area (Å²) in [4.78, 5) is 47.9. The molecule has 0 aliphatic carbocycles. The first kappa shape index (κ1) is 28.9. The van der Waals surface area contributed by atoms with E-state index in [1.165, 1.54) is 55.8 Å². The van der Waals surface area contributed by atoms with Crippen molar-refractivity contribution in [2.75, 3.05) is 12.4 Å². The summed E-state index contributed by atoms with van der Waals surface area (Å²) in [6.45, 7) is 0. The number of hydrogen-bond acceptors (Lipinski definition) is 8. The topological polar surface area (TPSA) is 149 Å². The fourth-order valence-electron chi connectivity index (χ4n) is 3.62. The van der Waals surface area contributed by atoms with Crippen LogP contribution in [0.2, 0.25) is 0 Å². The zero-order valence-corrected chi connectivity index (χ0v) is 22.2. The molecule has 11 heteroatoms. The molecule has 2 amide bonds. The first-order valence-corrected chi connectivity index (χ1v) is 12.4. The van der Waals surface area contributed by atoms with Crippen LogP contribution in [0.3, 0.4) is 0 Å². The molecule has 4 aromatic rings. The van der Waals surface area contributed by atoms with Gasteiger partial charge in [0.15, 0.2) is 0 Å². The number of rotatable bonds is 10. The normalized spacial score (nSPS) is 10.8. The van der Waals surface area contributed by atoms with Crippen LogP contribution < -0.4 is 20.2 Å². The Morgan fingerprint density at radius 2 is 1.57 bits per heavy atom. The molecule has 0 bridgehead atoms. The number of carbonyl (C=O) groups excluding carboxylic acids is 3. The third-order valence-corrected chi connectivity index (χ3v) is 5.73. The molecular formula is C31H24N4O7. The molecule has 0 atom stereocenters. The Morgan fingerprint density at radius 3 is 2.31 bits per heavy atom. The summed E-state index contributed by atoms with van der Waals surface area (Å²) in [5, 5.41) is 17.5. The van der Waals surface area contributed by atoms with Crippen molar-refractivity contribution < 1.29 is 28.8 Å². The smallest absolute Gasteiger partial charge is 0.336 e. The highest BCUT2D eigenvalue weighted by Crippen LogP contribution is 2.18. The van der Waals surface area contributed by atoms with E-state index in [4.69, 9.17) is 9.47 Å². The van der Waals surface area contributed by atoms with Crippen molar-refractivity contribution in [3.8, 4) is 11.5 Å². The number of esters is 1. The van der Waals surface area contributed by atoms with Gasteiger partial charge in [0.05, 0.1) is 18.2 Å². The fourth-order valence-corrected chi connectivity index (χ4v) is 3.62. The van der Waals surface area contributed by atoms with Crippen LogP contribution in [0.1, 0.15) is 31.8 Å². The average Bonchev–Trinajstić information content (AvgIpc) is 3.01. The number of para-hydroxylation sites is 1. The lowest BCUT2D eigenvalue weighted by Gasteiger charge is -2.08. The van der Waals surface area contributed by atoms with Gasteiger partial charge in [0.25, 0.3) is 17.5 Å². The second-order valence-corrected chi connectivity index (χ2v) is 8.61. The van der Waals surface area contributed by atoms with Crippen molar-refractivity contribution in [2.24, 2.45) is 5.10 Å². The minimum Gasteiger partial charge on any atom is -0.497 e. The number of benzene rings is 4. The van der Waals surface area contributed by atoms with Crippen LogP contribution in [0.4, 0.5) is 11.4 Å². The van der Waals surface area contributed by atoms with Crippen molar-refractivity contribution in [2.45, 2.75) is 0 Å². The highest BCUT2D eigenvalue weighted by Gasteiger charge is 2.11. The zero-order valence-electron chi connectivity index (χ0n) is 22.2. The van der Waals surface area contributed by atoms with Crippen LogP contribution in [-0.4, -0.2) is 36.0 Å². The summed E-state index contributed by atoms with van der Waals surface area (Å²) in [6.07, 6.45) is 3.99. The Labute approximate surface area is 240 Å². The summed E-state index contributed by atoms with van der Waals surface area (Å²) < 4.78 is 10.5. The third-order valence-electron chi connectivity index (χ3n) is 5.73. The number of hydrazone groups is 1. The van der Waals surface area contributed by atoms with Crippen LogP contribution in [0, 0.1) is 10.1 Å². The van der Waals surface area contributed by atoms with E-state index < -0.39 is 16.8 Å². The highest BCUT2D eigenvalue weighted by molar-refractivity contribution is 6.05. The number of hydrogen-bond donors (Lipinski definition) is 2. The second-order valence-electron chi connectivity index (χ2n) is 8.61. The van der Waals surface area contributed by atoms with Gasteiger partial charge < -0.3 is 14.8 Å². The van der Waals surface area contributed by atoms with Crippen molar-refractivity contribution in [1.29, 1.82) is 0 Å². The summed E-state index contributed by atoms with van der Waals surface area (Å²) in [7, 11) is 1.51. The first-order valence-electron chi connectivity index (χ1n) is 12.4. The predicted molar refractivity (Wildman–Crippen MR) is 157 cm³/mol. The molecule has 0 aliphatic heterocycles. The molecule has 0 unspecified atom stereocenters. The SMILES string of the molecule is COc1cccc(C(=O)Nc2cccc(C(=O)NN=Cc3ccccc3OC(=O)/C=C/c3ccc([N+](=O)[O-])cc3)c2)c1. The Balaban J connectivity index is 1.36. The summed E-state index contributed by atoms with van der Waals surface area (Å²) in [5.74, 6) is -0.812. The monoisotopic (exact) mass is 564 g/mol. The number of non-ortho nitro benzene ring substituents is 1. The van der Waals surface area contributed by atoms with Gasteiger partial charge in [0, 0.05) is 40.6 Å². The molecule has 2 N–H and O–H groups in total. The Bertz CT molecular complexity index is 1680. The minimum atomic E-state index is -0.675. The first-order chi connectivity index (χ1) is 20.3. The van der Waals surface area contributed by atoms with Crippen molar-refractivity contribution in [3.63, 3.8) is 0 Å². The lowest BCUT2D eigenvalue weighted by atomic mass is 10.1. The molecule has 11 nitrogen and oxygen atoms in total. The third kappa shape index (κ3) is 7.96. The van der Waals surface area contributed by atoms with E-state index >= 15 is 0 Å². The molecule has 0 aromatic heterocycles. The molecule has 0 aliphatic rings. The van der Waals surface area contributed by atoms with E-state index in [1.54, 1.807) is 66.7 Å². The average molecular weight is 565 g/mol. The lowest BCUT2D eigenvalue weighted by molar-refractivity contribution is -0.384. The van der Waals surface area contributed by atoms with Crippen LogP contribution in [0.5, 0.6) is 11.5 Å². The van der Waals surface area contributed by atoms with Gasteiger partial charge in [-0.25, -0.2) is 10.2 Å². The quantitative estimate of drug-likeness (QED) is 0.0668. The van der Waals surface area contributed by atoms with Gasteiger partial charge in [-0.2, -0.15) is 5.10 Å². The van der Waals surface area contributed by atoms with Crippen LogP contribution in [-0.2, 0) is 4.79 Å². The number of carbonyl (C=O) groups is 3. The van der Waals surface area contributed by atoms with E-state index in [0.717, 1.165) is 0 Å². The van der Waals surface area contributed by atoms with Gasteiger partial charge in [-0.3, -0.25) is 19.7 Å². The van der Waals surface area contributed by atoms with Gasteiger partial charge >= 0.3 is 5.97 Å².